The number of alkyl halides is 4. The van der Waals surface area contributed by atoms with E-state index in [9.17, 15) is 18.4 Å². The fraction of sp³-hybridized carbons (Fsp3) is 0.429. The van der Waals surface area contributed by atoms with Gasteiger partial charge in [0.25, 0.3) is 5.91 Å². The van der Waals surface area contributed by atoms with Crippen LogP contribution in [0.15, 0.2) is 72.8 Å². The molecule has 0 unspecified atom stereocenters. The van der Waals surface area contributed by atoms with E-state index < -0.39 is 45.5 Å². The van der Waals surface area contributed by atoms with E-state index in [1.54, 1.807) is 31.2 Å². The molecule has 0 saturated heterocycles. The molecule has 3 aromatic carbocycles. The van der Waals surface area contributed by atoms with Gasteiger partial charge in [0.15, 0.2) is 0 Å². The van der Waals surface area contributed by atoms with Gasteiger partial charge in [-0.05, 0) is 62.1 Å². The Morgan fingerprint density at radius 3 is 1.40 bits per heavy atom. The van der Waals surface area contributed by atoms with Crippen LogP contribution in [0.5, 0.6) is 0 Å². The van der Waals surface area contributed by atoms with Crippen molar-refractivity contribution in [1.82, 2.24) is 0 Å². The number of halogens is 4. The fourth-order valence-corrected chi connectivity index (χ4v) is 4.53. The Labute approximate surface area is 252 Å². The second-order valence-corrected chi connectivity index (χ2v) is 12.9. The fourth-order valence-electron chi connectivity index (χ4n) is 4.53. The summed E-state index contributed by atoms with van der Waals surface area (Å²) in [4.78, 5) is 25.0. The number of nitrogens with one attached hydrogen (secondary N) is 2. The molecule has 1 amide bonds. The van der Waals surface area contributed by atoms with Gasteiger partial charge in [-0.25, -0.2) is 0 Å². The van der Waals surface area contributed by atoms with Crippen LogP contribution < -0.4 is 10.6 Å². The van der Waals surface area contributed by atoms with Crippen molar-refractivity contribution in [2.45, 2.75) is 91.0 Å². The Bertz CT molecular complexity index is 1430. The highest BCUT2D eigenvalue weighted by molar-refractivity contribution is 5.97. The summed E-state index contributed by atoms with van der Waals surface area (Å²) in [6.07, 6.45) is 1.17. The average molecular weight is 599 g/mol. The number of rotatable bonds is 12. The van der Waals surface area contributed by atoms with Gasteiger partial charge in [0.1, 0.15) is 0 Å². The molecule has 0 bridgehead atoms. The van der Waals surface area contributed by atoms with Crippen LogP contribution in [0.2, 0.25) is 0 Å². The molecule has 0 atom stereocenters. The van der Waals surface area contributed by atoms with Crippen molar-refractivity contribution in [3.63, 3.8) is 0 Å². The molecule has 0 aromatic heterocycles. The Kier molecular flexibility index (Phi) is 9.54. The monoisotopic (exact) mass is 598 g/mol. The number of hydrogen-bond donors (Lipinski definition) is 2. The first kappa shape index (κ1) is 33.8. The predicted octanol–water partition coefficient (Wildman–Crippen LogP) is 9.44. The van der Waals surface area contributed by atoms with E-state index in [-0.39, 0.29) is 17.6 Å². The zero-order chi connectivity index (χ0) is 32.4. The summed E-state index contributed by atoms with van der Waals surface area (Å²) >= 11 is 0. The highest BCUT2D eigenvalue weighted by Crippen LogP contribution is 2.39. The number of ketones is 1. The molecule has 0 saturated carbocycles. The number of anilines is 2. The SMILES string of the molecule is CCC(C)(C)Nc1ccc(C(C)(C)c2ccc(NC(=O)C(F)(F)c3ccc(C(F)(F)C(=O)C(C)(C)CC)cc3)cc2)cc1. The van der Waals surface area contributed by atoms with Gasteiger partial charge in [0, 0.05) is 38.9 Å². The summed E-state index contributed by atoms with van der Waals surface area (Å²) in [5, 5.41) is 5.73. The van der Waals surface area contributed by atoms with Crippen LogP contribution in [0, 0.1) is 5.41 Å². The van der Waals surface area contributed by atoms with Crippen LogP contribution in [0.1, 0.15) is 90.5 Å². The van der Waals surface area contributed by atoms with Crippen LogP contribution in [-0.2, 0) is 26.8 Å². The Balaban J connectivity index is 1.73. The number of carbonyl (C=O) groups excluding carboxylic acids is 2. The third-order valence-electron chi connectivity index (χ3n) is 8.52. The number of carbonyl (C=O) groups is 2. The van der Waals surface area contributed by atoms with Gasteiger partial charge < -0.3 is 10.6 Å². The summed E-state index contributed by atoms with van der Waals surface area (Å²) in [7, 11) is 0. The topological polar surface area (TPSA) is 58.2 Å². The molecule has 4 nitrogen and oxygen atoms in total. The molecule has 0 aliphatic heterocycles. The minimum atomic E-state index is -4.00. The molecular weight excluding hydrogens is 556 g/mol. The molecular formula is C35H42F4N2O2. The van der Waals surface area contributed by atoms with Crippen molar-refractivity contribution in [1.29, 1.82) is 0 Å². The van der Waals surface area contributed by atoms with E-state index in [1.807, 2.05) is 24.3 Å². The minimum Gasteiger partial charge on any atom is -0.380 e. The maximum atomic E-state index is 15.0. The Hall–Kier alpha value is -3.68. The van der Waals surface area contributed by atoms with E-state index >= 15 is 8.78 Å². The zero-order valence-electron chi connectivity index (χ0n) is 26.2. The summed E-state index contributed by atoms with van der Waals surface area (Å²) in [5.74, 6) is -10.7. The van der Waals surface area contributed by atoms with E-state index in [0.717, 1.165) is 47.5 Å². The molecule has 0 fully saturated rings. The van der Waals surface area contributed by atoms with Crippen molar-refractivity contribution in [3.8, 4) is 0 Å². The van der Waals surface area contributed by atoms with Crippen LogP contribution >= 0.6 is 0 Å². The van der Waals surface area contributed by atoms with E-state index in [1.165, 1.54) is 13.8 Å². The highest BCUT2D eigenvalue weighted by atomic mass is 19.3. The average Bonchev–Trinajstić information content (AvgIpc) is 2.97. The van der Waals surface area contributed by atoms with Gasteiger partial charge in [-0.3, -0.25) is 9.59 Å². The summed E-state index contributed by atoms with van der Waals surface area (Å²) < 4.78 is 59.7. The number of benzene rings is 3. The van der Waals surface area contributed by atoms with Gasteiger partial charge >= 0.3 is 11.8 Å². The lowest BCUT2D eigenvalue weighted by Crippen LogP contribution is -2.38. The maximum absolute atomic E-state index is 15.0. The largest absolute Gasteiger partial charge is 0.380 e. The van der Waals surface area contributed by atoms with Crippen LogP contribution in [0.3, 0.4) is 0 Å². The number of Topliss-reactive ketones (excluding diaryl/α,β-unsaturated/α-hetero) is 1. The molecule has 3 rings (SSSR count). The third kappa shape index (κ3) is 7.28. The normalized spacial score (nSPS) is 13.0. The second kappa shape index (κ2) is 12.1. The summed E-state index contributed by atoms with van der Waals surface area (Å²) in [6, 6.07) is 17.8. The lowest BCUT2D eigenvalue weighted by atomic mass is 9.78. The maximum Gasteiger partial charge on any atom is 0.350 e. The van der Waals surface area contributed by atoms with E-state index in [2.05, 4.69) is 45.3 Å². The lowest BCUT2D eigenvalue weighted by molar-refractivity contribution is -0.154. The summed E-state index contributed by atoms with van der Waals surface area (Å²) in [5.41, 5.74) is -0.0126. The standard InChI is InChI=1S/C35H42F4N2O2/c1-9-31(3,4)29(42)34(36,37)25-11-13-26(14-12-25)35(38,39)30(43)40-27-19-15-23(16-20-27)33(7,8)24-17-21-28(22-18-24)41-32(5,6)10-2/h11-22,41H,9-10H2,1-8H3,(H,40,43). The van der Waals surface area contributed by atoms with Gasteiger partial charge in [-0.2, -0.15) is 17.6 Å². The molecule has 0 heterocycles. The third-order valence-corrected chi connectivity index (χ3v) is 8.52. The van der Waals surface area contributed by atoms with Gasteiger partial charge in [-0.15, -0.1) is 0 Å². The van der Waals surface area contributed by atoms with Crippen molar-refractivity contribution in [3.05, 3.63) is 95.1 Å². The van der Waals surface area contributed by atoms with Crippen molar-refractivity contribution in [2.75, 3.05) is 10.6 Å². The number of amides is 1. The summed E-state index contributed by atoms with van der Waals surface area (Å²) in [6.45, 7) is 14.9. The predicted molar refractivity (Wildman–Crippen MR) is 165 cm³/mol. The minimum absolute atomic E-state index is 0.0294. The molecule has 43 heavy (non-hydrogen) atoms. The Morgan fingerprint density at radius 1 is 0.581 bits per heavy atom. The lowest BCUT2D eigenvalue weighted by Gasteiger charge is -2.29. The smallest absolute Gasteiger partial charge is 0.350 e. The first-order valence-corrected chi connectivity index (χ1v) is 14.5. The zero-order valence-corrected chi connectivity index (χ0v) is 26.2. The van der Waals surface area contributed by atoms with Crippen LogP contribution in [0.4, 0.5) is 28.9 Å². The van der Waals surface area contributed by atoms with Gasteiger partial charge in [0.2, 0.25) is 5.78 Å². The first-order chi connectivity index (χ1) is 19.8. The van der Waals surface area contributed by atoms with E-state index in [0.29, 0.717) is 0 Å². The number of hydrogen-bond acceptors (Lipinski definition) is 3. The van der Waals surface area contributed by atoms with Crippen LogP contribution in [-0.4, -0.2) is 17.2 Å². The molecule has 0 spiro atoms. The quantitative estimate of drug-likeness (QED) is 0.204. The molecule has 0 radical (unpaired) electrons. The van der Waals surface area contributed by atoms with Gasteiger partial charge in [0.05, 0.1) is 0 Å². The molecule has 0 aliphatic rings. The molecule has 232 valence electrons. The molecule has 8 heteroatoms. The molecule has 2 N–H and O–H groups in total. The van der Waals surface area contributed by atoms with Crippen molar-refractivity contribution >= 4 is 23.1 Å². The van der Waals surface area contributed by atoms with Crippen LogP contribution in [0.25, 0.3) is 0 Å². The highest BCUT2D eigenvalue weighted by Gasteiger charge is 2.48. The first-order valence-electron chi connectivity index (χ1n) is 14.5. The second-order valence-electron chi connectivity index (χ2n) is 12.9. The molecule has 0 aliphatic carbocycles. The van der Waals surface area contributed by atoms with Gasteiger partial charge in [-0.1, -0.05) is 90.1 Å². The van der Waals surface area contributed by atoms with Crippen molar-refractivity contribution in [2.24, 2.45) is 5.41 Å². The Morgan fingerprint density at radius 2 is 0.977 bits per heavy atom. The van der Waals surface area contributed by atoms with Crippen molar-refractivity contribution < 1.29 is 27.2 Å². The molecule has 3 aromatic rings. The van der Waals surface area contributed by atoms with E-state index in [4.69, 9.17) is 0 Å².